The summed E-state index contributed by atoms with van der Waals surface area (Å²) in [5, 5.41) is 13.9. The average molecular weight is 390 g/mol. The molecule has 1 amide bonds. The molecule has 1 fully saturated rings. The lowest BCUT2D eigenvalue weighted by Gasteiger charge is -2.35. The van der Waals surface area contributed by atoms with E-state index in [0.29, 0.717) is 18.2 Å². The van der Waals surface area contributed by atoms with Crippen LogP contribution >= 0.6 is 0 Å². The fourth-order valence-corrected chi connectivity index (χ4v) is 3.51. The number of ether oxygens (including phenoxy) is 2. The third-order valence-corrected chi connectivity index (χ3v) is 5.33. The number of carbonyl (C=O) groups is 1. The second-order valence-corrected chi connectivity index (χ2v) is 8.15. The van der Waals surface area contributed by atoms with Crippen LogP contribution in [0, 0.1) is 12.8 Å². The molecule has 28 heavy (non-hydrogen) atoms. The smallest absolute Gasteiger partial charge is 0.269 e. The van der Waals surface area contributed by atoms with Crippen LogP contribution in [0.4, 0.5) is 0 Å². The van der Waals surface area contributed by atoms with E-state index in [0.717, 1.165) is 30.6 Å². The molecule has 0 saturated carbocycles. The molecule has 3 atom stereocenters. The van der Waals surface area contributed by atoms with Crippen molar-refractivity contribution in [2.75, 3.05) is 6.61 Å². The van der Waals surface area contributed by atoms with Gasteiger partial charge in [-0.3, -0.25) is 9.89 Å². The number of aromatic amines is 1. The van der Waals surface area contributed by atoms with Gasteiger partial charge in [0.25, 0.3) is 5.91 Å². The van der Waals surface area contributed by atoms with Crippen LogP contribution in [-0.4, -0.2) is 39.5 Å². The van der Waals surface area contributed by atoms with Gasteiger partial charge in [0.2, 0.25) is 5.88 Å². The van der Waals surface area contributed by atoms with Crippen molar-refractivity contribution in [3.63, 3.8) is 0 Å². The number of aromatic nitrogens is 3. The molecular weight excluding hydrogens is 360 g/mol. The highest BCUT2D eigenvalue weighted by Gasteiger charge is 2.30. The number of nitrogens with zero attached hydrogens (tertiary/aromatic N) is 2. The van der Waals surface area contributed by atoms with Crippen LogP contribution in [0.15, 0.2) is 16.8 Å². The maximum Gasteiger partial charge on any atom is 0.269 e. The number of H-pyrrole nitrogens is 1. The lowest BCUT2D eigenvalue weighted by Crippen LogP contribution is -2.45. The van der Waals surface area contributed by atoms with Crippen LogP contribution in [0.2, 0.25) is 0 Å². The van der Waals surface area contributed by atoms with Gasteiger partial charge in [0, 0.05) is 18.7 Å². The molecule has 2 aromatic rings. The summed E-state index contributed by atoms with van der Waals surface area (Å²) in [6.07, 6.45) is 3.94. The Morgan fingerprint density at radius 3 is 2.93 bits per heavy atom. The van der Waals surface area contributed by atoms with E-state index in [2.05, 4.69) is 34.5 Å². The Kier molecular flexibility index (Phi) is 6.07. The summed E-state index contributed by atoms with van der Waals surface area (Å²) in [7, 11) is 0. The molecule has 2 aromatic heterocycles. The molecule has 3 unspecified atom stereocenters. The van der Waals surface area contributed by atoms with Gasteiger partial charge in [0.1, 0.15) is 17.6 Å². The fraction of sp³-hybridized carbons (Fsp3) is 0.650. The summed E-state index contributed by atoms with van der Waals surface area (Å²) in [6.45, 7) is 10.8. The van der Waals surface area contributed by atoms with Gasteiger partial charge in [-0.25, -0.2) is 0 Å². The first-order chi connectivity index (χ1) is 13.3. The maximum atomic E-state index is 12.6. The zero-order chi connectivity index (χ0) is 20.3. The minimum absolute atomic E-state index is 0.0800. The number of hydrogen-bond acceptors (Lipinski definition) is 6. The summed E-state index contributed by atoms with van der Waals surface area (Å²) in [4.78, 5) is 12.6. The predicted octanol–water partition coefficient (Wildman–Crippen LogP) is 3.56. The second-order valence-electron chi connectivity index (χ2n) is 8.15. The minimum atomic E-state index is -0.244. The Bertz CT molecular complexity index is 798. The van der Waals surface area contributed by atoms with Crippen molar-refractivity contribution in [3.05, 3.63) is 29.3 Å². The number of amides is 1. The zero-order valence-corrected chi connectivity index (χ0v) is 17.2. The molecule has 2 N–H and O–H groups in total. The van der Waals surface area contributed by atoms with Gasteiger partial charge in [-0.2, -0.15) is 0 Å². The standard InChI is InChI=1S/C20H30N4O4/c1-6-12(2)18(15-11-21-28-13(15)3)27-17-9-16(23-24-17)19(25)22-14-7-8-26-20(4,5)10-14/h9,11-12,14,18H,6-8,10H2,1-5H3,(H,22,25)(H,23,24). The lowest BCUT2D eigenvalue weighted by molar-refractivity contribution is -0.0615. The average Bonchev–Trinajstić information content (AvgIpc) is 3.27. The highest BCUT2D eigenvalue weighted by molar-refractivity contribution is 5.92. The van der Waals surface area contributed by atoms with Crippen molar-refractivity contribution in [2.24, 2.45) is 5.92 Å². The third-order valence-electron chi connectivity index (χ3n) is 5.33. The van der Waals surface area contributed by atoms with Gasteiger partial charge < -0.3 is 19.3 Å². The van der Waals surface area contributed by atoms with E-state index in [1.54, 1.807) is 12.3 Å². The predicted molar refractivity (Wildman–Crippen MR) is 103 cm³/mol. The summed E-state index contributed by atoms with van der Waals surface area (Å²) >= 11 is 0. The molecule has 154 valence electrons. The molecule has 3 heterocycles. The Labute approximate surface area is 165 Å². The van der Waals surface area contributed by atoms with Gasteiger partial charge in [0.15, 0.2) is 0 Å². The van der Waals surface area contributed by atoms with Crippen LogP contribution < -0.4 is 10.1 Å². The topological polar surface area (TPSA) is 102 Å². The first kappa shape index (κ1) is 20.4. The van der Waals surface area contributed by atoms with Crippen molar-refractivity contribution in [1.82, 2.24) is 20.7 Å². The molecule has 8 nitrogen and oxygen atoms in total. The van der Waals surface area contributed by atoms with Gasteiger partial charge in [-0.15, -0.1) is 5.10 Å². The highest BCUT2D eigenvalue weighted by atomic mass is 16.5. The Morgan fingerprint density at radius 1 is 1.50 bits per heavy atom. The van der Waals surface area contributed by atoms with E-state index in [1.807, 2.05) is 20.8 Å². The van der Waals surface area contributed by atoms with Crippen molar-refractivity contribution < 1.29 is 18.8 Å². The molecule has 0 aromatic carbocycles. The zero-order valence-electron chi connectivity index (χ0n) is 17.2. The van der Waals surface area contributed by atoms with E-state index in [9.17, 15) is 4.79 Å². The summed E-state index contributed by atoms with van der Waals surface area (Å²) < 4.78 is 17.0. The number of nitrogens with one attached hydrogen (secondary N) is 2. The molecule has 8 heteroatoms. The molecule has 0 spiro atoms. The molecular formula is C20H30N4O4. The van der Waals surface area contributed by atoms with Gasteiger partial charge in [-0.05, 0) is 46.0 Å². The highest BCUT2D eigenvalue weighted by Crippen LogP contribution is 2.31. The number of hydrogen-bond donors (Lipinski definition) is 2. The third kappa shape index (κ3) is 4.73. The fourth-order valence-electron chi connectivity index (χ4n) is 3.51. The van der Waals surface area contributed by atoms with E-state index >= 15 is 0 Å². The first-order valence-electron chi connectivity index (χ1n) is 9.87. The van der Waals surface area contributed by atoms with Crippen molar-refractivity contribution in [2.45, 2.75) is 71.6 Å². The van der Waals surface area contributed by atoms with E-state index in [1.165, 1.54) is 0 Å². The number of rotatable bonds is 7. The van der Waals surface area contributed by atoms with E-state index in [-0.39, 0.29) is 29.6 Å². The van der Waals surface area contributed by atoms with Crippen molar-refractivity contribution in [1.29, 1.82) is 0 Å². The van der Waals surface area contributed by atoms with Gasteiger partial charge in [0.05, 0.1) is 17.4 Å². The quantitative estimate of drug-likeness (QED) is 0.749. The summed E-state index contributed by atoms with van der Waals surface area (Å²) in [5.74, 6) is 1.15. The summed E-state index contributed by atoms with van der Waals surface area (Å²) in [6, 6.07) is 1.72. The lowest BCUT2D eigenvalue weighted by atomic mass is 9.94. The largest absolute Gasteiger partial charge is 0.468 e. The van der Waals surface area contributed by atoms with Crippen LogP contribution in [0.1, 0.15) is 74.9 Å². The minimum Gasteiger partial charge on any atom is -0.468 e. The molecule has 3 rings (SSSR count). The number of aryl methyl sites for hydroxylation is 1. The SMILES string of the molecule is CCC(C)C(Oc1cc(C(=O)NC2CCOC(C)(C)C2)[nH]n1)c1cnoc1C. The van der Waals surface area contributed by atoms with Crippen LogP contribution in [0.3, 0.4) is 0 Å². The first-order valence-corrected chi connectivity index (χ1v) is 9.87. The molecule has 1 aliphatic rings. The van der Waals surface area contributed by atoms with E-state index in [4.69, 9.17) is 14.0 Å². The molecule has 0 bridgehead atoms. The normalized spacial score (nSPS) is 21.1. The Balaban J connectivity index is 1.67. The maximum absolute atomic E-state index is 12.6. The van der Waals surface area contributed by atoms with Crippen LogP contribution in [0.5, 0.6) is 5.88 Å². The van der Waals surface area contributed by atoms with E-state index < -0.39 is 0 Å². The number of carbonyl (C=O) groups excluding carboxylic acids is 1. The van der Waals surface area contributed by atoms with Crippen LogP contribution in [-0.2, 0) is 4.74 Å². The molecule has 0 aliphatic carbocycles. The molecule has 1 saturated heterocycles. The Morgan fingerprint density at radius 2 is 2.29 bits per heavy atom. The van der Waals surface area contributed by atoms with Gasteiger partial charge in [-0.1, -0.05) is 19.0 Å². The molecule has 1 aliphatic heterocycles. The van der Waals surface area contributed by atoms with Crippen LogP contribution in [0.25, 0.3) is 0 Å². The Hall–Kier alpha value is -2.35. The molecule has 0 radical (unpaired) electrons. The van der Waals surface area contributed by atoms with Gasteiger partial charge >= 0.3 is 0 Å². The monoisotopic (exact) mass is 390 g/mol. The summed E-state index contributed by atoms with van der Waals surface area (Å²) in [5.41, 5.74) is 1.05. The van der Waals surface area contributed by atoms with Crippen molar-refractivity contribution in [3.8, 4) is 5.88 Å². The van der Waals surface area contributed by atoms with Crippen molar-refractivity contribution >= 4 is 5.91 Å². The second kappa shape index (κ2) is 8.34.